The van der Waals surface area contributed by atoms with Gasteiger partial charge in [0.2, 0.25) is 0 Å². The number of nitrogens with zero attached hydrogens (tertiary/aromatic N) is 2. The summed E-state index contributed by atoms with van der Waals surface area (Å²) in [5, 5.41) is 3.13. The lowest BCUT2D eigenvalue weighted by molar-refractivity contribution is 0.0602. The van der Waals surface area contributed by atoms with E-state index in [1.54, 1.807) is 30.5 Å². The summed E-state index contributed by atoms with van der Waals surface area (Å²) in [6.45, 7) is 0.497. The maximum atomic E-state index is 11.5. The molecule has 3 N–H and O–H groups in total. The Morgan fingerprint density at radius 2 is 2.26 bits per heavy atom. The van der Waals surface area contributed by atoms with Crippen LogP contribution in [-0.2, 0) is 11.3 Å². The molecule has 0 unspecified atom stereocenters. The molecule has 19 heavy (non-hydrogen) atoms. The van der Waals surface area contributed by atoms with Gasteiger partial charge in [-0.1, -0.05) is 6.07 Å². The van der Waals surface area contributed by atoms with Crippen LogP contribution >= 0.6 is 0 Å². The third-order valence-electron chi connectivity index (χ3n) is 2.61. The molecule has 0 fully saturated rings. The maximum Gasteiger partial charge on any atom is 0.340 e. The van der Waals surface area contributed by atoms with Crippen molar-refractivity contribution in [3.8, 4) is 0 Å². The zero-order valence-corrected chi connectivity index (χ0v) is 10.5. The summed E-state index contributed by atoms with van der Waals surface area (Å²) in [4.78, 5) is 19.4. The average Bonchev–Trinajstić information content (AvgIpc) is 2.46. The van der Waals surface area contributed by atoms with Crippen LogP contribution in [0.5, 0.6) is 0 Å². The second kappa shape index (κ2) is 5.81. The number of para-hydroxylation sites is 1. The molecule has 2 rings (SSSR count). The molecule has 0 atom stereocenters. The summed E-state index contributed by atoms with van der Waals surface area (Å²) in [6, 6.07) is 6.96. The van der Waals surface area contributed by atoms with E-state index < -0.39 is 5.97 Å². The van der Waals surface area contributed by atoms with Gasteiger partial charge in [0.25, 0.3) is 0 Å². The van der Waals surface area contributed by atoms with Gasteiger partial charge in [-0.3, -0.25) is 0 Å². The zero-order valence-electron chi connectivity index (χ0n) is 10.5. The van der Waals surface area contributed by atoms with Crippen LogP contribution in [-0.4, -0.2) is 23.0 Å². The predicted molar refractivity (Wildman–Crippen MR) is 71.6 cm³/mol. The molecule has 6 heteroatoms. The minimum Gasteiger partial charge on any atom is -0.465 e. The number of ether oxygens (including phenoxy) is 1. The largest absolute Gasteiger partial charge is 0.465 e. The van der Waals surface area contributed by atoms with E-state index in [-0.39, 0.29) is 0 Å². The van der Waals surface area contributed by atoms with Crippen LogP contribution in [0.4, 0.5) is 11.4 Å². The van der Waals surface area contributed by atoms with Gasteiger partial charge in [0.1, 0.15) is 6.33 Å². The number of carbonyl (C=O) groups excluding carboxylic acids is 1. The molecule has 1 aromatic carbocycles. The van der Waals surface area contributed by atoms with Gasteiger partial charge < -0.3 is 15.8 Å². The highest BCUT2D eigenvalue weighted by Crippen LogP contribution is 2.23. The van der Waals surface area contributed by atoms with Gasteiger partial charge in [-0.15, -0.1) is 0 Å². The van der Waals surface area contributed by atoms with Crippen molar-refractivity contribution in [2.45, 2.75) is 6.54 Å². The number of rotatable bonds is 4. The van der Waals surface area contributed by atoms with Crippen molar-refractivity contribution in [1.29, 1.82) is 0 Å². The van der Waals surface area contributed by atoms with Crippen molar-refractivity contribution in [3.63, 3.8) is 0 Å². The number of esters is 1. The lowest BCUT2D eigenvalue weighted by Gasteiger charge is -2.11. The van der Waals surface area contributed by atoms with Crippen LogP contribution in [0.2, 0.25) is 0 Å². The molecule has 1 heterocycles. The first kappa shape index (κ1) is 12.8. The fraction of sp³-hybridized carbons (Fsp3) is 0.154. The van der Waals surface area contributed by atoms with E-state index in [2.05, 4.69) is 20.0 Å². The Balaban J connectivity index is 2.15. The number of anilines is 2. The molecule has 6 nitrogen and oxygen atoms in total. The van der Waals surface area contributed by atoms with E-state index in [9.17, 15) is 4.79 Å². The van der Waals surface area contributed by atoms with Crippen LogP contribution in [0.25, 0.3) is 0 Å². The van der Waals surface area contributed by atoms with E-state index in [0.717, 1.165) is 5.69 Å². The minimum atomic E-state index is -0.455. The third-order valence-corrected chi connectivity index (χ3v) is 2.61. The van der Waals surface area contributed by atoms with E-state index in [0.29, 0.717) is 23.5 Å². The van der Waals surface area contributed by atoms with Gasteiger partial charge in [0.05, 0.1) is 36.3 Å². The highest BCUT2D eigenvalue weighted by molar-refractivity contribution is 5.98. The van der Waals surface area contributed by atoms with Crippen LogP contribution in [0.15, 0.2) is 36.8 Å². The second-order valence-corrected chi connectivity index (χ2v) is 3.81. The van der Waals surface area contributed by atoms with Gasteiger partial charge in [0.15, 0.2) is 0 Å². The molecule has 2 aromatic rings. The number of hydrogen-bond donors (Lipinski definition) is 2. The normalized spacial score (nSPS) is 9.95. The average molecular weight is 258 g/mol. The van der Waals surface area contributed by atoms with Crippen LogP contribution in [0.3, 0.4) is 0 Å². The molecule has 0 saturated carbocycles. The Hall–Kier alpha value is -2.63. The van der Waals surface area contributed by atoms with Crippen molar-refractivity contribution in [2.24, 2.45) is 0 Å². The number of hydrogen-bond acceptors (Lipinski definition) is 6. The number of nitrogen functional groups attached to an aromatic ring is 1. The summed E-state index contributed by atoms with van der Waals surface area (Å²) >= 11 is 0. The van der Waals surface area contributed by atoms with Gasteiger partial charge >= 0.3 is 5.97 Å². The SMILES string of the molecule is COC(=O)c1cccc(NCc2ccncn2)c1N. The first-order valence-electron chi connectivity index (χ1n) is 5.68. The number of nitrogens with one attached hydrogen (secondary N) is 1. The molecule has 0 bridgehead atoms. The maximum absolute atomic E-state index is 11.5. The standard InChI is InChI=1S/C13H14N4O2/c1-19-13(18)10-3-2-4-11(12(10)14)16-7-9-5-6-15-8-17-9/h2-6,8,16H,7,14H2,1H3. The Morgan fingerprint density at radius 3 is 2.95 bits per heavy atom. The van der Waals surface area contributed by atoms with Crippen LogP contribution in [0.1, 0.15) is 16.1 Å². The van der Waals surface area contributed by atoms with Gasteiger partial charge in [-0.2, -0.15) is 0 Å². The number of aromatic nitrogens is 2. The molecule has 0 aliphatic rings. The first-order valence-corrected chi connectivity index (χ1v) is 5.68. The topological polar surface area (TPSA) is 90.1 Å². The molecule has 0 spiro atoms. The molecule has 1 aromatic heterocycles. The molecule has 0 aliphatic heterocycles. The summed E-state index contributed by atoms with van der Waals surface area (Å²) < 4.78 is 4.67. The van der Waals surface area contributed by atoms with Crippen LogP contribution in [0, 0.1) is 0 Å². The van der Waals surface area contributed by atoms with Crippen molar-refractivity contribution in [2.75, 3.05) is 18.2 Å². The van der Waals surface area contributed by atoms with Gasteiger partial charge in [0, 0.05) is 6.20 Å². The first-order chi connectivity index (χ1) is 9.22. The van der Waals surface area contributed by atoms with E-state index in [1.165, 1.54) is 13.4 Å². The highest BCUT2D eigenvalue weighted by atomic mass is 16.5. The molecule has 0 aliphatic carbocycles. The Kier molecular flexibility index (Phi) is 3.92. The van der Waals surface area contributed by atoms with Gasteiger partial charge in [-0.05, 0) is 18.2 Å². The Bertz CT molecular complexity index is 572. The number of methoxy groups -OCH3 is 1. The number of carbonyl (C=O) groups is 1. The smallest absolute Gasteiger partial charge is 0.340 e. The zero-order chi connectivity index (χ0) is 13.7. The van der Waals surface area contributed by atoms with Gasteiger partial charge in [-0.25, -0.2) is 14.8 Å². The fourth-order valence-electron chi connectivity index (χ4n) is 1.62. The Morgan fingerprint density at radius 1 is 1.42 bits per heavy atom. The van der Waals surface area contributed by atoms with Crippen LogP contribution < -0.4 is 11.1 Å². The van der Waals surface area contributed by atoms with E-state index >= 15 is 0 Å². The quantitative estimate of drug-likeness (QED) is 0.637. The van der Waals surface area contributed by atoms with E-state index in [1.807, 2.05) is 0 Å². The predicted octanol–water partition coefficient (Wildman–Crippen LogP) is 1.46. The summed E-state index contributed by atoms with van der Waals surface area (Å²) in [5.41, 5.74) is 8.13. The summed E-state index contributed by atoms with van der Waals surface area (Å²) in [5.74, 6) is -0.455. The third kappa shape index (κ3) is 2.98. The summed E-state index contributed by atoms with van der Waals surface area (Å²) in [6.07, 6.45) is 3.14. The van der Waals surface area contributed by atoms with Crippen molar-refractivity contribution in [3.05, 3.63) is 48.0 Å². The molecular weight excluding hydrogens is 244 g/mol. The minimum absolute atomic E-state index is 0.343. The highest BCUT2D eigenvalue weighted by Gasteiger charge is 2.12. The molecule has 0 saturated heterocycles. The monoisotopic (exact) mass is 258 g/mol. The van der Waals surface area contributed by atoms with Crippen molar-refractivity contribution in [1.82, 2.24) is 9.97 Å². The Labute approximate surface area is 110 Å². The molecule has 0 radical (unpaired) electrons. The number of nitrogens with two attached hydrogens (primary N) is 1. The molecular formula is C13H14N4O2. The summed E-state index contributed by atoms with van der Waals surface area (Å²) in [7, 11) is 1.32. The van der Waals surface area contributed by atoms with Crippen molar-refractivity contribution < 1.29 is 9.53 Å². The molecule has 98 valence electrons. The van der Waals surface area contributed by atoms with Crippen molar-refractivity contribution >= 4 is 17.3 Å². The fourth-order valence-corrected chi connectivity index (χ4v) is 1.62. The lowest BCUT2D eigenvalue weighted by Crippen LogP contribution is -2.09. The lowest BCUT2D eigenvalue weighted by atomic mass is 10.1. The molecule has 0 amide bonds. The number of benzene rings is 1. The second-order valence-electron chi connectivity index (χ2n) is 3.81. The van der Waals surface area contributed by atoms with E-state index in [4.69, 9.17) is 5.73 Å².